The molecule has 170 valence electrons. The Morgan fingerprint density at radius 1 is 1.16 bits per heavy atom. The van der Waals surface area contributed by atoms with Crippen LogP contribution in [0.5, 0.6) is 0 Å². The van der Waals surface area contributed by atoms with E-state index in [1.807, 2.05) is 0 Å². The van der Waals surface area contributed by atoms with Crippen LogP contribution in [0.2, 0.25) is 5.02 Å². The van der Waals surface area contributed by atoms with Crippen LogP contribution in [-0.2, 0) is 16.4 Å². The minimum atomic E-state index is -4.01. The number of aryl methyl sites for hydroxylation is 1. The minimum Gasteiger partial charge on any atom is -0.296 e. The second-order valence-electron chi connectivity index (χ2n) is 7.00. The number of anilines is 2. The zero-order valence-corrected chi connectivity index (χ0v) is 19.9. The molecule has 0 aliphatic heterocycles. The molecule has 0 spiro atoms. The molecular formula is C21H22ClFN4O3S2. The summed E-state index contributed by atoms with van der Waals surface area (Å²) in [7, 11) is -2.67. The first-order valence-corrected chi connectivity index (χ1v) is 12.5. The lowest BCUT2D eigenvalue weighted by molar-refractivity contribution is 0.102. The maximum Gasteiger partial charge on any atom is 0.264 e. The highest BCUT2D eigenvalue weighted by Gasteiger charge is 2.24. The third-order valence-corrected chi connectivity index (χ3v) is 7.72. The predicted molar refractivity (Wildman–Crippen MR) is 125 cm³/mol. The Bertz CT molecular complexity index is 1200. The lowest BCUT2D eigenvalue weighted by Crippen LogP contribution is -2.27. The van der Waals surface area contributed by atoms with Gasteiger partial charge in [0.2, 0.25) is 5.13 Å². The quantitative estimate of drug-likeness (QED) is 0.414. The Balaban J connectivity index is 1.80. The lowest BCUT2D eigenvalue weighted by atomic mass is 10.2. The summed E-state index contributed by atoms with van der Waals surface area (Å²) < 4.78 is 40.2. The number of nitrogens with zero attached hydrogens (tertiary/aromatic N) is 3. The molecule has 1 aromatic heterocycles. The standard InChI is InChI=1S/C21H22ClFN4O3S2/c1-3-4-5-6-19-25-26-21(31-19)24-20(28)17-13-16(11-12-18(17)22)32(29,30)27(2)15-9-7-14(23)8-10-15/h7-13H,3-6H2,1-2H3,(H,24,26,28). The minimum absolute atomic E-state index is 0.0111. The molecule has 0 unspecified atom stereocenters. The summed E-state index contributed by atoms with van der Waals surface area (Å²) in [5.74, 6) is -1.07. The summed E-state index contributed by atoms with van der Waals surface area (Å²) in [5, 5.41) is 11.9. The number of rotatable bonds is 9. The normalized spacial score (nSPS) is 11.4. The van der Waals surface area contributed by atoms with Crippen molar-refractivity contribution in [2.24, 2.45) is 0 Å². The zero-order valence-electron chi connectivity index (χ0n) is 17.5. The van der Waals surface area contributed by atoms with E-state index in [4.69, 9.17) is 11.6 Å². The van der Waals surface area contributed by atoms with Crippen LogP contribution < -0.4 is 9.62 Å². The monoisotopic (exact) mass is 496 g/mol. The highest BCUT2D eigenvalue weighted by atomic mass is 35.5. The van der Waals surface area contributed by atoms with Gasteiger partial charge in [-0.25, -0.2) is 12.8 Å². The fourth-order valence-corrected chi connectivity index (χ4v) is 5.08. The van der Waals surface area contributed by atoms with Crippen LogP contribution >= 0.6 is 22.9 Å². The van der Waals surface area contributed by atoms with E-state index >= 15 is 0 Å². The predicted octanol–water partition coefficient (Wildman–Crippen LogP) is 5.14. The van der Waals surface area contributed by atoms with Crippen molar-refractivity contribution >= 4 is 49.7 Å². The van der Waals surface area contributed by atoms with Crippen LogP contribution in [0.15, 0.2) is 47.4 Å². The van der Waals surface area contributed by atoms with Gasteiger partial charge in [0.25, 0.3) is 15.9 Å². The number of amides is 1. The third-order valence-electron chi connectivity index (χ3n) is 4.71. The zero-order chi connectivity index (χ0) is 23.3. The SMILES string of the molecule is CCCCCc1nnc(NC(=O)c2cc(S(=O)(=O)N(C)c3ccc(F)cc3)ccc2Cl)s1. The smallest absolute Gasteiger partial charge is 0.264 e. The van der Waals surface area contributed by atoms with Crippen LogP contribution in [-0.4, -0.2) is 31.6 Å². The number of unbranched alkanes of at least 4 members (excludes halogenated alkanes) is 2. The topological polar surface area (TPSA) is 92.3 Å². The van der Waals surface area contributed by atoms with Crippen molar-refractivity contribution in [1.29, 1.82) is 0 Å². The van der Waals surface area contributed by atoms with Gasteiger partial charge in [-0.05, 0) is 48.9 Å². The Hall–Kier alpha value is -2.56. The van der Waals surface area contributed by atoms with Crippen LogP contribution in [0, 0.1) is 5.82 Å². The highest BCUT2D eigenvalue weighted by Crippen LogP contribution is 2.27. The van der Waals surface area contributed by atoms with Crippen molar-refractivity contribution in [2.45, 2.75) is 37.5 Å². The maximum atomic E-state index is 13.2. The van der Waals surface area contributed by atoms with Crippen molar-refractivity contribution in [3.8, 4) is 0 Å². The summed E-state index contributed by atoms with van der Waals surface area (Å²) in [6.45, 7) is 2.11. The molecule has 3 aromatic rings. The van der Waals surface area contributed by atoms with Crippen molar-refractivity contribution < 1.29 is 17.6 Å². The van der Waals surface area contributed by atoms with E-state index in [0.717, 1.165) is 35.0 Å². The number of sulfonamides is 1. The van der Waals surface area contributed by atoms with E-state index in [1.165, 1.54) is 60.8 Å². The molecule has 11 heteroatoms. The highest BCUT2D eigenvalue weighted by molar-refractivity contribution is 7.92. The molecule has 0 bridgehead atoms. The number of hydrogen-bond donors (Lipinski definition) is 1. The van der Waals surface area contributed by atoms with Gasteiger partial charge in [0.05, 0.1) is 21.2 Å². The first-order chi connectivity index (χ1) is 15.2. The summed E-state index contributed by atoms with van der Waals surface area (Å²) in [5.41, 5.74) is 0.264. The van der Waals surface area contributed by atoms with Gasteiger partial charge in [-0.1, -0.05) is 42.7 Å². The Morgan fingerprint density at radius 2 is 1.88 bits per heavy atom. The summed E-state index contributed by atoms with van der Waals surface area (Å²) in [6, 6.07) is 8.90. The number of carbonyl (C=O) groups excluding carboxylic acids is 1. The molecule has 0 fully saturated rings. The Kier molecular flexibility index (Phi) is 7.81. The first-order valence-electron chi connectivity index (χ1n) is 9.90. The molecule has 0 aliphatic carbocycles. The van der Waals surface area contributed by atoms with E-state index in [0.29, 0.717) is 5.13 Å². The Morgan fingerprint density at radius 3 is 2.56 bits per heavy atom. The number of hydrogen-bond acceptors (Lipinski definition) is 6. The summed E-state index contributed by atoms with van der Waals surface area (Å²) >= 11 is 7.44. The van der Waals surface area contributed by atoms with Crippen molar-refractivity contribution in [2.75, 3.05) is 16.7 Å². The van der Waals surface area contributed by atoms with E-state index in [1.54, 1.807) is 0 Å². The van der Waals surface area contributed by atoms with E-state index in [2.05, 4.69) is 22.4 Å². The fraction of sp³-hybridized carbons (Fsp3) is 0.286. The largest absolute Gasteiger partial charge is 0.296 e. The lowest BCUT2D eigenvalue weighted by Gasteiger charge is -2.20. The van der Waals surface area contributed by atoms with Gasteiger partial charge in [-0.15, -0.1) is 10.2 Å². The molecule has 3 rings (SSSR count). The van der Waals surface area contributed by atoms with Gasteiger partial charge in [0.15, 0.2) is 0 Å². The van der Waals surface area contributed by atoms with E-state index in [9.17, 15) is 17.6 Å². The summed E-state index contributed by atoms with van der Waals surface area (Å²) in [4.78, 5) is 12.6. The molecule has 0 aliphatic rings. The van der Waals surface area contributed by atoms with Gasteiger partial charge in [0, 0.05) is 13.5 Å². The molecule has 1 heterocycles. The van der Waals surface area contributed by atoms with Crippen molar-refractivity contribution in [3.63, 3.8) is 0 Å². The molecule has 0 saturated carbocycles. The average Bonchev–Trinajstić information content (AvgIpc) is 3.21. The second kappa shape index (κ2) is 10.4. The number of carbonyl (C=O) groups is 1. The molecule has 2 aromatic carbocycles. The average molecular weight is 497 g/mol. The second-order valence-corrected chi connectivity index (χ2v) is 10.4. The number of halogens is 2. The Labute approximate surface area is 195 Å². The molecule has 0 atom stereocenters. The summed E-state index contributed by atoms with van der Waals surface area (Å²) in [6.07, 6.45) is 3.96. The molecule has 32 heavy (non-hydrogen) atoms. The van der Waals surface area contributed by atoms with Crippen LogP contribution in [0.1, 0.15) is 41.6 Å². The molecular weight excluding hydrogens is 475 g/mol. The molecule has 1 N–H and O–H groups in total. The van der Waals surface area contributed by atoms with Crippen molar-refractivity contribution in [3.05, 3.63) is 63.9 Å². The van der Waals surface area contributed by atoms with Crippen LogP contribution in [0.3, 0.4) is 0 Å². The van der Waals surface area contributed by atoms with E-state index in [-0.39, 0.29) is 21.2 Å². The van der Waals surface area contributed by atoms with Gasteiger partial charge in [0.1, 0.15) is 10.8 Å². The number of aromatic nitrogens is 2. The number of nitrogens with one attached hydrogen (secondary N) is 1. The maximum absolute atomic E-state index is 13.2. The van der Waals surface area contributed by atoms with E-state index < -0.39 is 21.7 Å². The van der Waals surface area contributed by atoms with Crippen LogP contribution in [0.25, 0.3) is 0 Å². The molecule has 0 saturated heterocycles. The van der Waals surface area contributed by atoms with Gasteiger partial charge < -0.3 is 0 Å². The van der Waals surface area contributed by atoms with Gasteiger partial charge in [-0.3, -0.25) is 14.4 Å². The first kappa shape index (κ1) is 24.1. The molecule has 7 nitrogen and oxygen atoms in total. The number of benzene rings is 2. The van der Waals surface area contributed by atoms with Gasteiger partial charge >= 0.3 is 0 Å². The third kappa shape index (κ3) is 5.62. The van der Waals surface area contributed by atoms with Gasteiger partial charge in [-0.2, -0.15) is 0 Å². The molecule has 0 radical (unpaired) electrons. The van der Waals surface area contributed by atoms with Crippen molar-refractivity contribution in [1.82, 2.24) is 10.2 Å². The fourth-order valence-electron chi connectivity index (χ4n) is 2.88. The molecule has 1 amide bonds. The van der Waals surface area contributed by atoms with Crippen LogP contribution in [0.4, 0.5) is 15.2 Å².